The van der Waals surface area contributed by atoms with Gasteiger partial charge in [0.25, 0.3) is 0 Å². The van der Waals surface area contributed by atoms with E-state index in [9.17, 15) is 0 Å². The summed E-state index contributed by atoms with van der Waals surface area (Å²) in [5, 5.41) is 8.81. The van der Waals surface area contributed by atoms with Crippen LogP contribution in [-0.4, -0.2) is 41.5 Å². The van der Waals surface area contributed by atoms with Crippen LogP contribution < -0.4 is 4.74 Å². The van der Waals surface area contributed by atoms with E-state index in [4.69, 9.17) is 13.9 Å². The first-order valence-electron chi connectivity index (χ1n) is 10.2. The van der Waals surface area contributed by atoms with Crippen LogP contribution in [0.25, 0.3) is 0 Å². The van der Waals surface area contributed by atoms with Crippen LogP contribution in [0, 0.1) is 0 Å². The van der Waals surface area contributed by atoms with Crippen LogP contribution in [0.4, 0.5) is 0 Å². The predicted molar refractivity (Wildman–Crippen MR) is 102 cm³/mol. The maximum Gasteiger partial charge on any atom is 0.233 e. The Hall–Kier alpha value is -1.92. The molecule has 2 fully saturated rings. The van der Waals surface area contributed by atoms with Crippen molar-refractivity contribution in [2.45, 2.75) is 57.5 Å². The van der Waals surface area contributed by atoms with Gasteiger partial charge in [-0.3, -0.25) is 4.90 Å². The maximum atomic E-state index is 6.15. The molecule has 0 spiro atoms. The lowest BCUT2D eigenvalue weighted by molar-refractivity contribution is 0.0768. The summed E-state index contributed by atoms with van der Waals surface area (Å²) >= 11 is 0. The SMILES string of the molecule is CCOc1cccc(CN2CCCC[C@H]2c2nnc(C3CCOCC3)o2)c1. The molecule has 0 unspecified atom stereocenters. The molecule has 2 aliphatic rings. The normalized spacial score (nSPS) is 22.0. The molecular formula is C21H29N3O3. The standard InChI is InChI=1S/C21H29N3O3/c1-2-26-18-7-5-6-16(14-18)15-24-11-4-3-8-19(24)21-23-22-20(27-21)17-9-12-25-13-10-17/h5-7,14,17,19H,2-4,8-13,15H2,1H3/t19-/m0/s1. The molecule has 2 saturated heterocycles. The van der Waals surface area contributed by atoms with Crippen molar-refractivity contribution in [3.05, 3.63) is 41.6 Å². The van der Waals surface area contributed by atoms with Gasteiger partial charge in [-0.1, -0.05) is 18.6 Å². The first kappa shape index (κ1) is 18.4. The summed E-state index contributed by atoms with van der Waals surface area (Å²) in [6.07, 6.45) is 5.43. The van der Waals surface area contributed by atoms with Crippen molar-refractivity contribution < 1.29 is 13.9 Å². The van der Waals surface area contributed by atoms with Gasteiger partial charge in [0.2, 0.25) is 11.8 Å². The Morgan fingerprint density at radius 3 is 2.81 bits per heavy atom. The van der Waals surface area contributed by atoms with Crippen molar-refractivity contribution in [2.24, 2.45) is 0 Å². The minimum Gasteiger partial charge on any atom is -0.494 e. The largest absolute Gasteiger partial charge is 0.494 e. The average molecular weight is 371 g/mol. The Kier molecular flexibility index (Phi) is 6.04. The lowest BCUT2D eigenvalue weighted by atomic mass is 10.0. The molecule has 4 rings (SSSR count). The highest BCUT2D eigenvalue weighted by molar-refractivity contribution is 5.28. The first-order valence-corrected chi connectivity index (χ1v) is 10.2. The summed E-state index contributed by atoms with van der Waals surface area (Å²) in [5.41, 5.74) is 1.26. The van der Waals surface area contributed by atoms with Crippen LogP contribution in [0.15, 0.2) is 28.7 Å². The third-order valence-electron chi connectivity index (χ3n) is 5.52. The Bertz CT molecular complexity index is 727. The van der Waals surface area contributed by atoms with Crippen LogP contribution in [-0.2, 0) is 11.3 Å². The van der Waals surface area contributed by atoms with E-state index >= 15 is 0 Å². The van der Waals surface area contributed by atoms with Crippen LogP contribution in [0.2, 0.25) is 0 Å². The van der Waals surface area contributed by atoms with Gasteiger partial charge in [-0.2, -0.15) is 0 Å². The Labute approximate surface area is 160 Å². The van der Waals surface area contributed by atoms with Crippen LogP contribution >= 0.6 is 0 Å². The minimum atomic E-state index is 0.204. The van der Waals surface area contributed by atoms with Gasteiger partial charge in [0.1, 0.15) is 5.75 Å². The lowest BCUT2D eigenvalue weighted by Gasteiger charge is -2.33. The number of nitrogens with zero attached hydrogens (tertiary/aromatic N) is 3. The third-order valence-corrected chi connectivity index (χ3v) is 5.52. The number of hydrogen-bond acceptors (Lipinski definition) is 6. The van der Waals surface area contributed by atoms with E-state index < -0.39 is 0 Å². The molecule has 0 N–H and O–H groups in total. The molecule has 0 aliphatic carbocycles. The van der Waals surface area contributed by atoms with Gasteiger partial charge in [0.05, 0.1) is 12.6 Å². The van der Waals surface area contributed by atoms with Crippen LogP contribution in [0.5, 0.6) is 5.75 Å². The smallest absolute Gasteiger partial charge is 0.233 e. The van der Waals surface area contributed by atoms with Crippen molar-refractivity contribution in [1.82, 2.24) is 15.1 Å². The summed E-state index contributed by atoms with van der Waals surface area (Å²) in [6.45, 7) is 6.20. The van der Waals surface area contributed by atoms with Crippen LogP contribution in [0.3, 0.4) is 0 Å². The summed E-state index contributed by atoms with van der Waals surface area (Å²) in [5.74, 6) is 2.84. The Morgan fingerprint density at radius 2 is 1.96 bits per heavy atom. The number of benzene rings is 1. The van der Waals surface area contributed by atoms with E-state index in [0.717, 1.165) is 63.1 Å². The fraction of sp³-hybridized carbons (Fsp3) is 0.619. The molecule has 1 atom stereocenters. The molecule has 1 aromatic heterocycles. The lowest BCUT2D eigenvalue weighted by Crippen LogP contribution is -2.33. The maximum absolute atomic E-state index is 6.15. The topological polar surface area (TPSA) is 60.6 Å². The highest BCUT2D eigenvalue weighted by atomic mass is 16.5. The van der Waals surface area contributed by atoms with Gasteiger partial charge in [-0.05, 0) is 56.8 Å². The molecule has 27 heavy (non-hydrogen) atoms. The molecule has 1 aromatic carbocycles. The van der Waals surface area contributed by atoms with Gasteiger partial charge in [0.15, 0.2) is 0 Å². The second-order valence-electron chi connectivity index (χ2n) is 7.43. The summed E-state index contributed by atoms with van der Waals surface area (Å²) in [4.78, 5) is 2.47. The van der Waals surface area contributed by atoms with E-state index in [1.54, 1.807) is 0 Å². The van der Waals surface area contributed by atoms with Gasteiger partial charge >= 0.3 is 0 Å². The van der Waals surface area contributed by atoms with E-state index in [2.05, 4.69) is 33.3 Å². The molecule has 0 bridgehead atoms. The number of piperidine rings is 1. The highest BCUT2D eigenvalue weighted by Crippen LogP contribution is 2.34. The second-order valence-corrected chi connectivity index (χ2v) is 7.43. The summed E-state index contributed by atoms with van der Waals surface area (Å²) < 4.78 is 17.2. The molecule has 6 heteroatoms. The van der Waals surface area contributed by atoms with Crippen molar-refractivity contribution in [3.8, 4) is 5.75 Å². The minimum absolute atomic E-state index is 0.204. The van der Waals surface area contributed by atoms with Crippen LogP contribution in [0.1, 0.15) is 68.3 Å². The third kappa shape index (κ3) is 4.50. The van der Waals surface area contributed by atoms with Gasteiger partial charge in [0, 0.05) is 25.7 Å². The average Bonchev–Trinajstić information content (AvgIpc) is 3.20. The number of ether oxygens (including phenoxy) is 2. The number of likely N-dealkylation sites (tertiary alicyclic amines) is 1. The van der Waals surface area contributed by atoms with Crippen molar-refractivity contribution in [2.75, 3.05) is 26.4 Å². The second kappa shape index (κ2) is 8.85. The highest BCUT2D eigenvalue weighted by Gasteiger charge is 2.30. The molecule has 0 amide bonds. The molecule has 146 valence electrons. The van der Waals surface area contributed by atoms with E-state index in [0.29, 0.717) is 12.5 Å². The fourth-order valence-electron chi connectivity index (χ4n) is 4.09. The summed E-state index contributed by atoms with van der Waals surface area (Å²) in [6, 6.07) is 8.58. The molecular weight excluding hydrogens is 342 g/mol. The number of hydrogen-bond donors (Lipinski definition) is 0. The molecule has 2 aliphatic heterocycles. The molecule has 0 saturated carbocycles. The van der Waals surface area contributed by atoms with Crippen molar-refractivity contribution in [1.29, 1.82) is 0 Å². The molecule has 3 heterocycles. The van der Waals surface area contributed by atoms with E-state index in [1.807, 2.05) is 13.0 Å². The zero-order chi connectivity index (χ0) is 18.5. The number of aromatic nitrogens is 2. The van der Waals surface area contributed by atoms with Crippen molar-refractivity contribution in [3.63, 3.8) is 0 Å². The molecule has 2 aromatic rings. The zero-order valence-electron chi connectivity index (χ0n) is 16.1. The quantitative estimate of drug-likeness (QED) is 0.762. The van der Waals surface area contributed by atoms with Gasteiger partial charge in [-0.25, -0.2) is 0 Å². The summed E-state index contributed by atoms with van der Waals surface area (Å²) in [7, 11) is 0. The number of rotatable bonds is 6. The van der Waals surface area contributed by atoms with Gasteiger partial charge in [-0.15, -0.1) is 10.2 Å². The van der Waals surface area contributed by atoms with E-state index in [1.165, 1.54) is 18.4 Å². The fourth-order valence-corrected chi connectivity index (χ4v) is 4.09. The zero-order valence-corrected chi connectivity index (χ0v) is 16.1. The van der Waals surface area contributed by atoms with E-state index in [-0.39, 0.29) is 6.04 Å². The Morgan fingerprint density at radius 1 is 1.11 bits per heavy atom. The van der Waals surface area contributed by atoms with Crippen molar-refractivity contribution >= 4 is 0 Å². The first-order chi connectivity index (χ1) is 13.3. The molecule has 0 radical (unpaired) electrons. The predicted octanol–water partition coefficient (Wildman–Crippen LogP) is 4.09. The monoisotopic (exact) mass is 371 g/mol. The molecule has 6 nitrogen and oxygen atoms in total. The Balaban J connectivity index is 1.47. The van der Waals surface area contributed by atoms with Gasteiger partial charge < -0.3 is 13.9 Å².